The molecule has 5 atom stereocenters. The quantitative estimate of drug-likeness (QED) is 0.0528. The van der Waals surface area contributed by atoms with Gasteiger partial charge in [0, 0.05) is 64.2 Å². The third kappa shape index (κ3) is 10.9. The highest BCUT2D eigenvalue weighted by atomic mass is 16.6. The minimum atomic E-state index is -0.569. The molecule has 5 saturated heterocycles. The molecule has 9 rings (SSSR count). The smallest absolute Gasteiger partial charge is 0.127 e. The Kier molecular flexibility index (Phi) is 12.6. The SMILES string of the molecule is CC(C)(c1cc(C(C)(C)c2ccc(OCC3CO3)cc2OCC2CO2)cc(C(C)(C)c2ccc(OCC3CO3)cc2OCC2CO2)c1)c1ccc(OCC2CO2)cc1OCCCO. The Labute approximate surface area is 370 Å². The van der Waals surface area contributed by atoms with E-state index in [2.05, 4.69) is 77.9 Å². The predicted octanol–water partition coefficient (Wildman–Crippen LogP) is 7.31. The standard InChI is InChI=1S/C51H62O12/c1-49(2,43-11-8-35(54-22-38-25-57-38)19-46(43)53-15-7-14-52)32-16-33(50(3,4)44-12-9-36(55-23-39-26-58-39)20-47(44)62-30-41-28-60-41)18-34(17-32)51(5,6)45-13-10-37(56-24-40-27-59-40)21-48(45)63-31-42-29-61-42/h8-13,16-21,38-42,52H,7,14-15,22-31H2,1-6H3. The van der Waals surface area contributed by atoms with Crippen molar-refractivity contribution < 1.29 is 57.2 Å². The molecule has 5 heterocycles. The second-order valence-electron chi connectivity index (χ2n) is 18.9. The molecule has 0 aliphatic carbocycles. The Morgan fingerprint density at radius 3 is 1.00 bits per heavy atom. The van der Waals surface area contributed by atoms with Gasteiger partial charge in [-0.05, 0) is 34.9 Å². The van der Waals surface area contributed by atoms with Crippen LogP contribution in [0.2, 0.25) is 0 Å². The molecule has 338 valence electrons. The summed E-state index contributed by atoms with van der Waals surface area (Å²) in [4.78, 5) is 0. The van der Waals surface area contributed by atoms with Crippen LogP contribution in [-0.2, 0) is 39.9 Å². The maximum Gasteiger partial charge on any atom is 0.127 e. The van der Waals surface area contributed by atoms with E-state index >= 15 is 0 Å². The predicted molar refractivity (Wildman–Crippen MR) is 236 cm³/mol. The van der Waals surface area contributed by atoms with Gasteiger partial charge in [-0.25, -0.2) is 0 Å². The van der Waals surface area contributed by atoms with Crippen LogP contribution in [0, 0.1) is 0 Å². The van der Waals surface area contributed by atoms with E-state index in [4.69, 9.17) is 52.1 Å². The van der Waals surface area contributed by atoms with Crippen molar-refractivity contribution in [2.45, 2.75) is 94.7 Å². The number of aliphatic hydroxyl groups is 1. The molecule has 63 heavy (non-hydrogen) atoms. The highest BCUT2D eigenvalue weighted by Gasteiger charge is 2.37. The second-order valence-corrected chi connectivity index (χ2v) is 18.9. The zero-order valence-electron chi connectivity index (χ0n) is 37.4. The third-order valence-electron chi connectivity index (χ3n) is 12.7. The highest BCUT2D eigenvalue weighted by Crippen LogP contribution is 2.48. The molecule has 12 heteroatoms. The minimum Gasteiger partial charge on any atom is -0.493 e. The van der Waals surface area contributed by atoms with E-state index in [0.29, 0.717) is 77.4 Å². The lowest BCUT2D eigenvalue weighted by Crippen LogP contribution is -2.28. The molecule has 1 N–H and O–H groups in total. The molecule has 5 unspecified atom stereocenters. The van der Waals surface area contributed by atoms with Crippen LogP contribution < -0.4 is 28.4 Å². The summed E-state index contributed by atoms with van der Waals surface area (Å²) in [5.41, 5.74) is 4.69. The number of hydrogen-bond donors (Lipinski definition) is 1. The molecule has 5 fully saturated rings. The molecule has 0 amide bonds. The van der Waals surface area contributed by atoms with E-state index < -0.39 is 16.2 Å². The molecule has 12 nitrogen and oxygen atoms in total. The summed E-state index contributed by atoms with van der Waals surface area (Å²) in [6.07, 6.45) is 1.06. The molecule has 0 aromatic heterocycles. The fourth-order valence-electron chi connectivity index (χ4n) is 7.86. The van der Waals surface area contributed by atoms with E-state index in [-0.39, 0.29) is 37.1 Å². The lowest BCUT2D eigenvalue weighted by molar-refractivity contribution is 0.229. The Bertz CT molecular complexity index is 2100. The zero-order chi connectivity index (χ0) is 43.8. The van der Waals surface area contributed by atoms with E-state index in [1.54, 1.807) is 0 Å². The molecular weight excluding hydrogens is 805 g/mol. The first-order valence-electron chi connectivity index (χ1n) is 22.4. The lowest BCUT2D eigenvalue weighted by atomic mass is 9.68. The number of rotatable bonds is 25. The number of epoxide rings is 5. The first-order chi connectivity index (χ1) is 30.4. The van der Waals surface area contributed by atoms with Gasteiger partial charge < -0.3 is 57.2 Å². The first kappa shape index (κ1) is 43.7. The van der Waals surface area contributed by atoms with Gasteiger partial charge in [-0.15, -0.1) is 0 Å². The van der Waals surface area contributed by atoms with Gasteiger partial charge in [0.1, 0.15) is 98.1 Å². The monoisotopic (exact) mass is 866 g/mol. The topological polar surface area (TPSA) is 138 Å². The largest absolute Gasteiger partial charge is 0.493 e. The summed E-state index contributed by atoms with van der Waals surface area (Å²) in [7, 11) is 0. The molecule has 5 aliphatic rings. The fraction of sp³-hybridized carbons (Fsp3) is 0.529. The summed E-state index contributed by atoms with van der Waals surface area (Å²) in [6, 6.07) is 25.4. The molecule has 0 bridgehead atoms. The van der Waals surface area contributed by atoms with Crippen molar-refractivity contribution >= 4 is 0 Å². The van der Waals surface area contributed by atoms with Crippen LogP contribution >= 0.6 is 0 Å². The van der Waals surface area contributed by atoms with Crippen LogP contribution in [0.5, 0.6) is 34.5 Å². The van der Waals surface area contributed by atoms with Crippen LogP contribution in [0.3, 0.4) is 0 Å². The van der Waals surface area contributed by atoms with Crippen LogP contribution in [0.25, 0.3) is 0 Å². The molecule has 0 spiro atoms. The van der Waals surface area contributed by atoms with Crippen molar-refractivity contribution in [1.82, 2.24) is 0 Å². The van der Waals surface area contributed by atoms with Crippen molar-refractivity contribution in [3.8, 4) is 34.5 Å². The Balaban J connectivity index is 1.14. The molecule has 5 aliphatic heterocycles. The number of ether oxygens (including phenoxy) is 11. The summed E-state index contributed by atoms with van der Waals surface area (Å²) in [5.74, 6) is 4.41. The van der Waals surface area contributed by atoms with Crippen LogP contribution in [0.1, 0.15) is 81.3 Å². The van der Waals surface area contributed by atoms with Gasteiger partial charge in [0.2, 0.25) is 0 Å². The Morgan fingerprint density at radius 1 is 0.429 bits per heavy atom. The number of hydrogen-bond acceptors (Lipinski definition) is 12. The maximum absolute atomic E-state index is 9.69. The average Bonchev–Trinajstić information content (AvgIpc) is 4.07. The van der Waals surface area contributed by atoms with Crippen LogP contribution in [0.15, 0.2) is 72.8 Å². The Morgan fingerprint density at radius 2 is 0.714 bits per heavy atom. The van der Waals surface area contributed by atoms with Gasteiger partial charge in [-0.3, -0.25) is 0 Å². The van der Waals surface area contributed by atoms with E-state index in [1.807, 2.05) is 36.4 Å². The van der Waals surface area contributed by atoms with E-state index in [1.165, 1.54) is 0 Å². The first-order valence-corrected chi connectivity index (χ1v) is 22.4. The summed E-state index contributed by atoms with van der Waals surface area (Å²) >= 11 is 0. The van der Waals surface area contributed by atoms with Gasteiger partial charge >= 0.3 is 0 Å². The van der Waals surface area contributed by atoms with Crippen molar-refractivity contribution in [2.24, 2.45) is 0 Å². The Hall–Kier alpha value is -4.56. The summed E-state index contributed by atoms with van der Waals surface area (Å²) < 4.78 is 65.4. The normalized spacial score (nSPS) is 22.2. The molecule has 4 aromatic rings. The van der Waals surface area contributed by atoms with Crippen molar-refractivity contribution in [1.29, 1.82) is 0 Å². The van der Waals surface area contributed by atoms with Crippen molar-refractivity contribution in [3.63, 3.8) is 0 Å². The number of benzene rings is 4. The molecular formula is C51H62O12. The van der Waals surface area contributed by atoms with E-state index in [0.717, 1.165) is 69.6 Å². The van der Waals surface area contributed by atoms with E-state index in [9.17, 15) is 5.11 Å². The van der Waals surface area contributed by atoms with Crippen LogP contribution in [-0.4, -0.2) is 115 Å². The van der Waals surface area contributed by atoms with Gasteiger partial charge in [0.05, 0.1) is 39.6 Å². The van der Waals surface area contributed by atoms with Crippen LogP contribution in [0.4, 0.5) is 0 Å². The lowest BCUT2D eigenvalue weighted by Gasteiger charge is -2.36. The second kappa shape index (κ2) is 18.1. The molecule has 0 radical (unpaired) electrons. The summed E-state index contributed by atoms with van der Waals surface area (Å²) in [6.45, 7) is 19.8. The summed E-state index contributed by atoms with van der Waals surface area (Å²) in [5, 5.41) is 9.69. The molecule has 0 saturated carbocycles. The fourth-order valence-corrected chi connectivity index (χ4v) is 7.86. The highest BCUT2D eigenvalue weighted by molar-refractivity contribution is 5.57. The maximum atomic E-state index is 9.69. The number of aliphatic hydroxyl groups excluding tert-OH is 1. The van der Waals surface area contributed by atoms with Crippen molar-refractivity contribution in [2.75, 3.05) is 79.3 Å². The third-order valence-corrected chi connectivity index (χ3v) is 12.7. The van der Waals surface area contributed by atoms with Gasteiger partial charge in [0.25, 0.3) is 0 Å². The van der Waals surface area contributed by atoms with Gasteiger partial charge in [0.15, 0.2) is 0 Å². The average molecular weight is 867 g/mol. The van der Waals surface area contributed by atoms with Gasteiger partial charge in [-0.1, -0.05) is 77.9 Å². The van der Waals surface area contributed by atoms with Crippen molar-refractivity contribution in [3.05, 3.63) is 106 Å². The minimum absolute atomic E-state index is 0.0341. The molecule has 4 aromatic carbocycles. The van der Waals surface area contributed by atoms with Gasteiger partial charge in [-0.2, -0.15) is 0 Å². The zero-order valence-corrected chi connectivity index (χ0v) is 37.4.